The first-order chi connectivity index (χ1) is 13.0. The zero-order valence-electron chi connectivity index (χ0n) is 14.6. The Hall–Kier alpha value is -3.48. The molecule has 5 nitrogen and oxygen atoms in total. The number of ketones is 1. The fourth-order valence-electron chi connectivity index (χ4n) is 2.44. The molecule has 0 fully saturated rings. The summed E-state index contributed by atoms with van der Waals surface area (Å²) in [4.78, 5) is 12.1. The molecule has 0 amide bonds. The Morgan fingerprint density at radius 3 is 2.33 bits per heavy atom. The number of ether oxygens (including phenoxy) is 2. The molecule has 0 saturated heterocycles. The van der Waals surface area contributed by atoms with Gasteiger partial charge in [0.15, 0.2) is 17.4 Å². The largest absolute Gasteiger partial charge is 0.497 e. The van der Waals surface area contributed by atoms with Gasteiger partial charge in [-0.1, -0.05) is 0 Å². The van der Waals surface area contributed by atoms with E-state index >= 15 is 0 Å². The maximum Gasteiger partial charge on any atom is 0.186 e. The molecule has 0 atom stereocenters. The summed E-state index contributed by atoms with van der Waals surface area (Å²) >= 11 is 0. The van der Waals surface area contributed by atoms with Crippen molar-refractivity contribution in [3.05, 3.63) is 71.4 Å². The lowest BCUT2D eigenvalue weighted by Gasteiger charge is -2.06. The van der Waals surface area contributed by atoms with Crippen molar-refractivity contribution in [1.82, 2.24) is 10.2 Å². The monoisotopic (exact) mass is 370 g/mol. The molecule has 3 rings (SSSR count). The van der Waals surface area contributed by atoms with Crippen molar-refractivity contribution in [3.63, 3.8) is 0 Å². The molecular formula is C20H16F2N2O3. The van der Waals surface area contributed by atoms with Gasteiger partial charge in [0.1, 0.15) is 11.5 Å². The Labute approximate surface area is 154 Å². The number of hydrogen-bond donors (Lipinski definition) is 1. The van der Waals surface area contributed by atoms with E-state index in [1.54, 1.807) is 38.5 Å². The van der Waals surface area contributed by atoms with Gasteiger partial charge in [0.2, 0.25) is 0 Å². The second-order valence-corrected chi connectivity index (χ2v) is 5.64. The predicted molar refractivity (Wildman–Crippen MR) is 96.9 cm³/mol. The standard InChI is InChI=1S/C20H16F2N2O3/c1-26-15-7-13(8-16(11-15)27-2)19-10-14(23-24-19)4-6-20(25)12-3-5-17(21)18(22)9-12/h3-11H,1-2H3,(H,23,24)/b6-4+. The minimum Gasteiger partial charge on any atom is -0.497 e. The number of halogens is 2. The number of nitrogens with one attached hydrogen (secondary N) is 1. The van der Waals surface area contributed by atoms with Crippen molar-refractivity contribution < 1.29 is 23.0 Å². The van der Waals surface area contributed by atoms with E-state index in [1.165, 1.54) is 18.2 Å². The van der Waals surface area contributed by atoms with Gasteiger partial charge in [0.25, 0.3) is 0 Å². The summed E-state index contributed by atoms with van der Waals surface area (Å²) in [6.07, 6.45) is 2.77. The molecular weight excluding hydrogens is 354 g/mol. The zero-order valence-corrected chi connectivity index (χ0v) is 14.6. The van der Waals surface area contributed by atoms with Crippen LogP contribution in [-0.4, -0.2) is 30.2 Å². The number of aromatic nitrogens is 2. The van der Waals surface area contributed by atoms with Crippen LogP contribution in [0.25, 0.3) is 17.3 Å². The first-order valence-corrected chi connectivity index (χ1v) is 7.96. The summed E-state index contributed by atoms with van der Waals surface area (Å²) in [6.45, 7) is 0. The summed E-state index contributed by atoms with van der Waals surface area (Å²) in [7, 11) is 3.11. The van der Waals surface area contributed by atoms with Crippen LogP contribution in [0.1, 0.15) is 16.1 Å². The molecule has 0 bridgehead atoms. The predicted octanol–water partition coefficient (Wildman–Crippen LogP) is 4.27. The minimum atomic E-state index is -1.06. The highest BCUT2D eigenvalue weighted by Crippen LogP contribution is 2.29. The number of hydrogen-bond acceptors (Lipinski definition) is 4. The van der Waals surface area contributed by atoms with Gasteiger partial charge >= 0.3 is 0 Å². The van der Waals surface area contributed by atoms with Crippen LogP contribution in [0.15, 0.2) is 48.5 Å². The van der Waals surface area contributed by atoms with Gasteiger partial charge in [-0.05, 0) is 48.6 Å². The number of aromatic amines is 1. The maximum atomic E-state index is 13.2. The van der Waals surface area contributed by atoms with E-state index in [2.05, 4.69) is 10.2 Å². The summed E-state index contributed by atoms with van der Waals surface area (Å²) in [5.41, 5.74) is 2.03. The average molecular weight is 370 g/mol. The van der Waals surface area contributed by atoms with Crippen LogP contribution >= 0.6 is 0 Å². The Morgan fingerprint density at radius 1 is 1.00 bits per heavy atom. The number of H-pyrrole nitrogens is 1. The highest BCUT2D eigenvalue weighted by Gasteiger charge is 2.09. The Balaban J connectivity index is 1.80. The van der Waals surface area contributed by atoms with E-state index in [9.17, 15) is 13.6 Å². The van der Waals surface area contributed by atoms with Crippen LogP contribution in [-0.2, 0) is 0 Å². The molecule has 0 spiro atoms. The second-order valence-electron chi connectivity index (χ2n) is 5.64. The molecule has 0 aliphatic heterocycles. The van der Waals surface area contributed by atoms with E-state index in [-0.39, 0.29) is 5.56 Å². The van der Waals surface area contributed by atoms with Crippen LogP contribution in [0, 0.1) is 11.6 Å². The molecule has 27 heavy (non-hydrogen) atoms. The van der Waals surface area contributed by atoms with Gasteiger partial charge in [-0.15, -0.1) is 0 Å². The lowest BCUT2D eigenvalue weighted by Crippen LogP contribution is -1.96. The van der Waals surface area contributed by atoms with Crippen molar-refractivity contribution in [2.24, 2.45) is 0 Å². The first-order valence-electron chi connectivity index (χ1n) is 7.96. The normalized spacial score (nSPS) is 11.0. The third-order valence-corrected chi connectivity index (χ3v) is 3.86. The van der Waals surface area contributed by atoms with Crippen LogP contribution in [0.5, 0.6) is 11.5 Å². The number of allylic oxidation sites excluding steroid dienone is 1. The zero-order chi connectivity index (χ0) is 19.4. The number of rotatable bonds is 6. The third kappa shape index (κ3) is 4.20. The van der Waals surface area contributed by atoms with Crippen molar-refractivity contribution >= 4 is 11.9 Å². The van der Waals surface area contributed by atoms with Crippen LogP contribution in [0.4, 0.5) is 8.78 Å². The summed E-state index contributed by atoms with van der Waals surface area (Å²) < 4.78 is 36.7. The van der Waals surface area contributed by atoms with Crippen LogP contribution < -0.4 is 9.47 Å². The smallest absolute Gasteiger partial charge is 0.186 e. The topological polar surface area (TPSA) is 64.2 Å². The molecule has 0 aliphatic carbocycles. The molecule has 138 valence electrons. The molecule has 0 unspecified atom stereocenters. The minimum absolute atomic E-state index is 0.0578. The fraction of sp³-hybridized carbons (Fsp3) is 0.100. The van der Waals surface area contributed by atoms with E-state index in [4.69, 9.17) is 9.47 Å². The molecule has 1 heterocycles. The molecule has 1 aromatic heterocycles. The maximum absolute atomic E-state index is 13.2. The summed E-state index contributed by atoms with van der Waals surface area (Å²) in [5, 5.41) is 7.01. The fourth-order valence-corrected chi connectivity index (χ4v) is 2.44. The van der Waals surface area contributed by atoms with Gasteiger partial charge in [-0.2, -0.15) is 5.10 Å². The molecule has 7 heteroatoms. The van der Waals surface area contributed by atoms with Crippen molar-refractivity contribution in [1.29, 1.82) is 0 Å². The molecule has 0 radical (unpaired) electrons. The Bertz CT molecular complexity index is 990. The van der Waals surface area contributed by atoms with E-state index < -0.39 is 17.4 Å². The average Bonchev–Trinajstić information content (AvgIpc) is 3.16. The van der Waals surface area contributed by atoms with Crippen LogP contribution in [0.2, 0.25) is 0 Å². The molecule has 1 N–H and O–H groups in total. The van der Waals surface area contributed by atoms with Gasteiger partial charge in [0.05, 0.1) is 25.6 Å². The highest BCUT2D eigenvalue weighted by atomic mass is 19.2. The lowest BCUT2D eigenvalue weighted by molar-refractivity contribution is 0.104. The van der Waals surface area contributed by atoms with Crippen molar-refractivity contribution in [2.45, 2.75) is 0 Å². The number of carbonyl (C=O) groups is 1. The number of benzene rings is 2. The van der Waals surface area contributed by atoms with E-state index in [1.807, 2.05) is 0 Å². The highest BCUT2D eigenvalue weighted by molar-refractivity contribution is 6.06. The van der Waals surface area contributed by atoms with Gasteiger partial charge in [-0.3, -0.25) is 9.89 Å². The third-order valence-electron chi connectivity index (χ3n) is 3.86. The molecule has 0 saturated carbocycles. The molecule has 0 aliphatic rings. The van der Waals surface area contributed by atoms with E-state index in [0.717, 1.165) is 17.7 Å². The number of nitrogens with zero attached hydrogens (tertiary/aromatic N) is 1. The summed E-state index contributed by atoms with van der Waals surface area (Å²) in [5.74, 6) is -1.27. The van der Waals surface area contributed by atoms with Crippen molar-refractivity contribution in [2.75, 3.05) is 14.2 Å². The Kier molecular flexibility index (Phi) is 5.30. The lowest BCUT2D eigenvalue weighted by atomic mass is 10.1. The SMILES string of the molecule is COc1cc(OC)cc(-c2cc(/C=C/C(=O)c3ccc(F)c(F)c3)[nH]n2)c1. The number of carbonyl (C=O) groups excluding carboxylic acids is 1. The second kappa shape index (κ2) is 7.82. The number of methoxy groups -OCH3 is 2. The van der Waals surface area contributed by atoms with Gasteiger partial charge in [-0.25, -0.2) is 8.78 Å². The van der Waals surface area contributed by atoms with Crippen molar-refractivity contribution in [3.8, 4) is 22.8 Å². The van der Waals surface area contributed by atoms with Gasteiger partial charge in [0, 0.05) is 17.2 Å². The quantitative estimate of drug-likeness (QED) is 0.520. The van der Waals surface area contributed by atoms with Gasteiger partial charge < -0.3 is 9.47 Å². The van der Waals surface area contributed by atoms with Crippen LogP contribution in [0.3, 0.4) is 0 Å². The first kappa shape index (κ1) is 18.3. The molecule has 2 aromatic carbocycles. The van der Waals surface area contributed by atoms with E-state index in [0.29, 0.717) is 22.9 Å². The Morgan fingerprint density at radius 2 is 1.70 bits per heavy atom. The summed E-state index contributed by atoms with van der Waals surface area (Å²) in [6, 6.07) is 10.1. The molecule has 3 aromatic rings.